The number of sulfonamides is 1. The number of hydrogen-bond donors (Lipinski definition) is 2. The molecule has 3 aromatic carbocycles. The van der Waals surface area contributed by atoms with Crippen molar-refractivity contribution < 1.29 is 22.7 Å². The molecule has 3 rings (SSSR count). The third-order valence-corrected chi connectivity index (χ3v) is 5.84. The zero-order valence-electron chi connectivity index (χ0n) is 16.4. The highest BCUT2D eigenvalue weighted by Crippen LogP contribution is 2.25. The van der Waals surface area contributed by atoms with Crippen LogP contribution in [0.3, 0.4) is 0 Å². The first-order valence-electron chi connectivity index (χ1n) is 8.98. The maximum absolute atomic E-state index is 12.7. The van der Waals surface area contributed by atoms with Crippen molar-refractivity contribution >= 4 is 27.4 Å². The molecule has 0 saturated heterocycles. The highest BCUT2D eigenvalue weighted by atomic mass is 32.2. The molecule has 0 aliphatic rings. The van der Waals surface area contributed by atoms with Crippen molar-refractivity contribution in [3.63, 3.8) is 0 Å². The number of ketones is 1. The number of ether oxygens (including phenoxy) is 1. The number of methoxy groups -OCH3 is 1. The van der Waals surface area contributed by atoms with Crippen molar-refractivity contribution in [1.29, 1.82) is 0 Å². The lowest BCUT2D eigenvalue weighted by Gasteiger charge is -2.11. The van der Waals surface area contributed by atoms with E-state index in [4.69, 9.17) is 4.74 Å². The number of amides is 1. The van der Waals surface area contributed by atoms with Gasteiger partial charge in [-0.1, -0.05) is 42.5 Å². The number of rotatable bonds is 7. The first kappa shape index (κ1) is 21.2. The van der Waals surface area contributed by atoms with E-state index in [2.05, 4.69) is 10.0 Å². The molecule has 2 N–H and O–H groups in total. The monoisotopic (exact) mass is 424 g/mol. The van der Waals surface area contributed by atoms with Crippen molar-refractivity contribution in [2.75, 3.05) is 19.5 Å². The Hall–Kier alpha value is -3.49. The topological polar surface area (TPSA) is 102 Å². The van der Waals surface area contributed by atoms with Gasteiger partial charge in [0, 0.05) is 22.4 Å². The quantitative estimate of drug-likeness (QED) is 0.568. The summed E-state index contributed by atoms with van der Waals surface area (Å²) in [6.07, 6.45) is 0. The van der Waals surface area contributed by atoms with Crippen molar-refractivity contribution in [2.45, 2.75) is 4.90 Å². The van der Waals surface area contributed by atoms with Crippen molar-refractivity contribution in [1.82, 2.24) is 4.72 Å². The summed E-state index contributed by atoms with van der Waals surface area (Å²) in [6, 6.07) is 19.5. The van der Waals surface area contributed by atoms with Gasteiger partial charge in [0.05, 0.1) is 7.11 Å². The van der Waals surface area contributed by atoms with Crippen molar-refractivity contribution in [3.8, 4) is 5.75 Å². The predicted molar refractivity (Wildman–Crippen MR) is 114 cm³/mol. The summed E-state index contributed by atoms with van der Waals surface area (Å²) in [6.45, 7) is 0. The molecule has 1 amide bonds. The second-order valence-electron chi connectivity index (χ2n) is 6.30. The van der Waals surface area contributed by atoms with E-state index >= 15 is 0 Å². The van der Waals surface area contributed by atoms with Gasteiger partial charge in [-0.2, -0.15) is 0 Å². The predicted octanol–water partition coefficient (Wildman–Crippen LogP) is 3.09. The number of carbonyl (C=O) groups is 2. The van der Waals surface area contributed by atoms with E-state index in [1.165, 1.54) is 32.4 Å². The molecule has 0 unspecified atom stereocenters. The van der Waals surface area contributed by atoms with Gasteiger partial charge in [0.15, 0.2) is 5.78 Å². The van der Waals surface area contributed by atoms with Crippen LogP contribution in [0.25, 0.3) is 0 Å². The van der Waals surface area contributed by atoms with Crippen LogP contribution in [0.5, 0.6) is 5.75 Å². The van der Waals surface area contributed by atoms with Crippen LogP contribution in [0.15, 0.2) is 77.7 Å². The molecule has 8 heteroatoms. The van der Waals surface area contributed by atoms with Gasteiger partial charge in [-0.3, -0.25) is 9.59 Å². The molecule has 0 fully saturated rings. The SMILES string of the molecule is CNS(=O)(=O)c1cc(C(=O)Nc2cccc(C(=O)c3ccccc3)c2)ccc1OC. The molecule has 0 aliphatic carbocycles. The molecular formula is C22H20N2O5S. The molecule has 0 saturated carbocycles. The Bertz CT molecular complexity index is 1190. The third kappa shape index (κ3) is 4.56. The van der Waals surface area contributed by atoms with Gasteiger partial charge in [-0.15, -0.1) is 0 Å². The summed E-state index contributed by atoms with van der Waals surface area (Å²) in [5.74, 6) is -0.565. The summed E-state index contributed by atoms with van der Waals surface area (Å²) in [5.41, 5.74) is 1.50. The molecule has 30 heavy (non-hydrogen) atoms. The highest BCUT2D eigenvalue weighted by molar-refractivity contribution is 7.89. The minimum absolute atomic E-state index is 0.122. The number of benzene rings is 3. The Morgan fingerprint density at radius 3 is 2.20 bits per heavy atom. The Kier molecular flexibility index (Phi) is 6.29. The van der Waals surface area contributed by atoms with E-state index in [1.807, 2.05) is 6.07 Å². The van der Waals surface area contributed by atoms with Gasteiger partial charge in [0.2, 0.25) is 10.0 Å². The Morgan fingerprint density at radius 2 is 1.53 bits per heavy atom. The van der Waals surface area contributed by atoms with E-state index in [9.17, 15) is 18.0 Å². The first-order chi connectivity index (χ1) is 14.4. The summed E-state index contributed by atoms with van der Waals surface area (Å²) in [4.78, 5) is 25.1. The van der Waals surface area contributed by atoms with Crippen LogP contribution in [0.2, 0.25) is 0 Å². The van der Waals surface area contributed by atoms with E-state index in [0.717, 1.165) is 0 Å². The highest BCUT2D eigenvalue weighted by Gasteiger charge is 2.20. The smallest absolute Gasteiger partial charge is 0.255 e. The lowest BCUT2D eigenvalue weighted by molar-refractivity contribution is 0.102. The largest absolute Gasteiger partial charge is 0.495 e. The van der Waals surface area contributed by atoms with Crippen LogP contribution in [-0.2, 0) is 10.0 Å². The normalized spacial score (nSPS) is 11.0. The molecule has 0 aromatic heterocycles. The summed E-state index contributed by atoms with van der Waals surface area (Å²) in [7, 11) is -1.20. The van der Waals surface area contributed by atoms with Crippen LogP contribution in [0.1, 0.15) is 26.3 Å². The first-order valence-corrected chi connectivity index (χ1v) is 10.5. The molecule has 0 heterocycles. The van der Waals surface area contributed by atoms with E-state index in [1.54, 1.807) is 48.5 Å². The third-order valence-electron chi connectivity index (χ3n) is 4.40. The minimum Gasteiger partial charge on any atom is -0.495 e. The maximum Gasteiger partial charge on any atom is 0.255 e. The van der Waals surface area contributed by atoms with Gasteiger partial charge in [0.1, 0.15) is 10.6 Å². The average Bonchev–Trinajstić information content (AvgIpc) is 2.78. The molecule has 3 aromatic rings. The second kappa shape index (κ2) is 8.89. The molecule has 7 nitrogen and oxygen atoms in total. The van der Waals surface area contributed by atoms with Gasteiger partial charge in [-0.25, -0.2) is 13.1 Å². The van der Waals surface area contributed by atoms with Crippen LogP contribution in [0.4, 0.5) is 5.69 Å². The fourth-order valence-electron chi connectivity index (χ4n) is 2.84. The zero-order chi connectivity index (χ0) is 21.7. The summed E-state index contributed by atoms with van der Waals surface area (Å²) in [5, 5.41) is 2.69. The molecule has 0 atom stereocenters. The second-order valence-corrected chi connectivity index (χ2v) is 8.16. The number of nitrogens with one attached hydrogen (secondary N) is 2. The summed E-state index contributed by atoms with van der Waals surface area (Å²) >= 11 is 0. The van der Waals surface area contributed by atoms with Gasteiger partial charge >= 0.3 is 0 Å². The van der Waals surface area contributed by atoms with Crippen LogP contribution in [-0.4, -0.2) is 34.3 Å². The summed E-state index contributed by atoms with van der Waals surface area (Å²) < 4.78 is 31.7. The Balaban J connectivity index is 1.87. The standard InChI is InChI=1S/C22H20N2O5S/c1-23-30(27,28)20-14-17(11-12-19(20)29-2)22(26)24-18-10-6-9-16(13-18)21(25)15-7-4-3-5-8-15/h3-14,23H,1-2H3,(H,24,26). The Morgan fingerprint density at radius 1 is 0.833 bits per heavy atom. The number of anilines is 1. The van der Waals surface area contributed by atoms with Crippen LogP contribution in [0, 0.1) is 0 Å². The lowest BCUT2D eigenvalue weighted by Crippen LogP contribution is -2.20. The zero-order valence-corrected chi connectivity index (χ0v) is 17.2. The molecule has 154 valence electrons. The average molecular weight is 424 g/mol. The molecule has 0 radical (unpaired) electrons. The van der Waals surface area contributed by atoms with Crippen molar-refractivity contribution in [3.05, 3.63) is 89.5 Å². The van der Waals surface area contributed by atoms with Gasteiger partial charge in [0.25, 0.3) is 5.91 Å². The van der Waals surface area contributed by atoms with Gasteiger partial charge in [-0.05, 0) is 37.4 Å². The van der Waals surface area contributed by atoms with E-state index in [0.29, 0.717) is 16.8 Å². The van der Waals surface area contributed by atoms with Crippen LogP contribution < -0.4 is 14.8 Å². The number of hydrogen-bond acceptors (Lipinski definition) is 5. The molecule has 0 bridgehead atoms. The fourth-order valence-corrected chi connectivity index (χ4v) is 3.75. The lowest BCUT2D eigenvalue weighted by atomic mass is 10.0. The molecule has 0 spiro atoms. The van der Waals surface area contributed by atoms with E-state index < -0.39 is 15.9 Å². The van der Waals surface area contributed by atoms with Crippen LogP contribution >= 0.6 is 0 Å². The molecular weight excluding hydrogens is 404 g/mol. The maximum atomic E-state index is 12.7. The number of carbonyl (C=O) groups excluding carboxylic acids is 2. The minimum atomic E-state index is -3.82. The van der Waals surface area contributed by atoms with E-state index in [-0.39, 0.29) is 22.0 Å². The van der Waals surface area contributed by atoms with Crippen molar-refractivity contribution in [2.24, 2.45) is 0 Å². The Labute approximate surface area is 174 Å². The van der Waals surface area contributed by atoms with Gasteiger partial charge < -0.3 is 10.1 Å². The fraction of sp³-hybridized carbons (Fsp3) is 0.0909. The molecule has 0 aliphatic heterocycles.